The average molecular weight is 386 g/mol. The van der Waals surface area contributed by atoms with Crippen molar-refractivity contribution in [3.8, 4) is 0 Å². The molecule has 0 aliphatic rings. The van der Waals surface area contributed by atoms with E-state index in [1.165, 1.54) is 12.1 Å². The van der Waals surface area contributed by atoms with Crippen LogP contribution in [0.1, 0.15) is 43.4 Å². The molecule has 0 aliphatic carbocycles. The molecule has 0 saturated heterocycles. The van der Waals surface area contributed by atoms with Crippen LogP contribution < -0.4 is 5.32 Å². The van der Waals surface area contributed by atoms with E-state index in [9.17, 15) is 14.0 Å². The highest BCUT2D eigenvalue weighted by Crippen LogP contribution is 2.25. The average Bonchev–Trinajstić information content (AvgIpc) is 2.70. The number of hydrogen-bond donors (Lipinski definition) is 2. The van der Waals surface area contributed by atoms with Crippen molar-refractivity contribution in [1.29, 1.82) is 0 Å². The molecular formula is C22H27FN2O3. The van der Waals surface area contributed by atoms with E-state index >= 15 is 0 Å². The summed E-state index contributed by atoms with van der Waals surface area (Å²) >= 11 is 0. The van der Waals surface area contributed by atoms with Gasteiger partial charge in [-0.25, -0.2) is 4.39 Å². The lowest BCUT2D eigenvalue weighted by Crippen LogP contribution is -2.43. The third-order valence-corrected chi connectivity index (χ3v) is 4.36. The van der Waals surface area contributed by atoms with Crippen molar-refractivity contribution in [2.75, 3.05) is 13.2 Å². The number of halogens is 1. The lowest BCUT2D eigenvalue weighted by molar-refractivity contribution is -0.141. The molecule has 0 radical (unpaired) electrons. The number of hydrogen-bond acceptors (Lipinski definition) is 3. The van der Waals surface area contributed by atoms with Gasteiger partial charge in [0.05, 0.1) is 0 Å². The van der Waals surface area contributed by atoms with Crippen molar-refractivity contribution in [3.63, 3.8) is 0 Å². The van der Waals surface area contributed by atoms with Crippen molar-refractivity contribution in [2.24, 2.45) is 0 Å². The third-order valence-electron chi connectivity index (χ3n) is 4.36. The quantitative estimate of drug-likeness (QED) is 0.616. The summed E-state index contributed by atoms with van der Waals surface area (Å²) in [5, 5.41) is 11.8. The van der Waals surface area contributed by atoms with Crippen molar-refractivity contribution >= 4 is 11.8 Å². The molecule has 2 aromatic rings. The van der Waals surface area contributed by atoms with Crippen molar-refractivity contribution < 1.29 is 19.1 Å². The molecule has 2 aromatic carbocycles. The second-order valence-electron chi connectivity index (χ2n) is 6.58. The van der Waals surface area contributed by atoms with E-state index in [2.05, 4.69) is 5.32 Å². The first-order valence-corrected chi connectivity index (χ1v) is 9.54. The summed E-state index contributed by atoms with van der Waals surface area (Å²) in [6.07, 6.45) is 1.41. The van der Waals surface area contributed by atoms with Gasteiger partial charge in [0.2, 0.25) is 11.8 Å². The van der Waals surface area contributed by atoms with Crippen LogP contribution in [0.5, 0.6) is 0 Å². The molecule has 28 heavy (non-hydrogen) atoms. The minimum atomic E-state index is -0.802. The molecule has 2 rings (SSSR count). The topological polar surface area (TPSA) is 69.6 Å². The molecule has 0 fully saturated rings. The van der Waals surface area contributed by atoms with E-state index in [-0.39, 0.29) is 30.8 Å². The molecule has 1 atom stereocenters. The predicted molar refractivity (Wildman–Crippen MR) is 106 cm³/mol. The Morgan fingerprint density at radius 1 is 1.11 bits per heavy atom. The summed E-state index contributed by atoms with van der Waals surface area (Å²) in [6.45, 7) is 2.41. The van der Waals surface area contributed by atoms with Crippen LogP contribution in [0.4, 0.5) is 4.39 Å². The van der Waals surface area contributed by atoms with Gasteiger partial charge >= 0.3 is 0 Å². The molecule has 0 aliphatic heterocycles. The summed E-state index contributed by atoms with van der Waals surface area (Å²) in [5.41, 5.74) is 1.45. The molecule has 6 heteroatoms. The van der Waals surface area contributed by atoms with Crippen LogP contribution in [0.3, 0.4) is 0 Å². The number of aliphatic hydroxyl groups is 1. The van der Waals surface area contributed by atoms with Crippen LogP contribution >= 0.6 is 0 Å². The summed E-state index contributed by atoms with van der Waals surface area (Å²) in [7, 11) is 0. The maximum atomic E-state index is 13.3. The zero-order valence-corrected chi connectivity index (χ0v) is 16.1. The van der Waals surface area contributed by atoms with Gasteiger partial charge in [-0.15, -0.1) is 0 Å². The zero-order valence-electron chi connectivity index (χ0n) is 16.1. The van der Waals surface area contributed by atoms with Crippen LogP contribution in [0, 0.1) is 5.82 Å². The smallest absolute Gasteiger partial charge is 0.247 e. The highest BCUT2D eigenvalue weighted by molar-refractivity contribution is 5.88. The number of carbonyl (C=O) groups excluding carboxylic acids is 2. The second-order valence-corrected chi connectivity index (χ2v) is 6.58. The molecule has 2 N–H and O–H groups in total. The fraction of sp³-hybridized carbons (Fsp3) is 0.364. The number of nitrogens with zero attached hydrogens (tertiary/aromatic N) is 1. The number of nitrogens with one attached hydrogen (secondary N) is 1. The summed E-state index contributed by atoms with van der Waals surface area (Å²) in [4.78, 5) is 27.4. The van der Waals surface area contributed by atoms with Crippen molar-refractivity contribution in [1.82, 2.24) is 10.2 Å². The SMILES string of the molecule is CCCC(=O)N(Cc1ccc(F)cc1)C(C(=O)NCCCO)c1ccccc1. The molecule has 2 amide bonds. The molecular weight excluding hydrogens is 359 g/mol. The lowest BCUT2D eigenvalue weighted by atomic mass is 10.0. The molecule has 0 saturated carbocycles. The molecule has 5 nitrogen and oxygen atoms in total. The highest BCUT2D eigenvalue weighted by atomic mass is 19.1. The zero-order chi connectivity index (χ0) is 20.4. The highest BCUT2D eigenvalue weighted by Gasteiger charge is 2.30. The summed E-state index contributed by atoms with van der Waals surface area (Å²) in [6, 6.07) is 14.2. The Labute approximate surface area is 165 Å². The van der Waals surface area contributed by atoms with Gasteiger partial charge in [0.25, 0.3) is 0 Å². The predicted octanol–water partition coefficient (Wildman–Crippen LogP) is 3.19. The van der Waals surface area contributed by atoms with Gasteiger partial charge in [0, 0.05) is 26.1 Å². The van der Waals surface area contributed by atoms with E-state index in [1.54, 1.807) is 17.0 Å². The lowest BCUT2D eigenvalue weighted by Gasteiger charge is -2.31. The van der Waals surface area contributed by atoms with Gasteiger partial charge in [-0.2, -0.15) is 0 Å². The Balaban J connectivity index is 2.36. The van der Waals surface area contributed by atoms with Crippen LogP contribution in [0.15, 0.2) is 54.6 Å². The standard InChI is InChI=1S/C22H27FN2O3/c1-2-7-20(27)25(16-17-10-12-19(23)13-11-17)21(18-8-4-3-5-9-18)22(28)24-14-6-15-26/h3-5,8-13,21,26H,2,6-7,14-16H2,1H3,(H,24,28). The summed E-state index contributed by atoms with van der Waals surface area (Å²) < 4.78 is 13.3. The summed E-state index contributed by atoms with van der Waals surface area (Å²) in [5.74, 6) is -0.791. The second kappa shape index (κ2) is 11.2. The Bertz CT molecular complexity index is 750. The Morgan fingerprint density at radius 2 is 1.79 bits per heavy atom. The number of rotatable bonds is 10. The molecule has 150 valence electrons. The minimum absolute atomic E-state index is 0.0235. The maximum Gasteiger partial charge on any atom is 0.247 e. The first-order valence-electron chi connectivity index (χ1n) is 9.54. The fourth-order valence-electron chi connectivity index (χ4n) is 2.96. The van der Waals surface area contributed by atoms with Crippen LogP contribution in [-0.2, 0) is 16.1 Å². The largest absolute Gasteiger partial charge is 0.396 e. The molecule has 1 unspecified atom stereocenters. The number of amides is 2. The third kappa shape index (κ3) is 6.16. The first kappa shape index (κ1) is 21.6. The van der Waals surface area contributed by atoms with E-state index in [4.69, 9.17) is 5.11 Å². The van der Waals surface area contributed by atoms with Crippen LogP contribution in [0.25, 0.3) is 0 Å². The van der Waals surface area contributed by atoms with Gasteiger partial charge < -0.3 is 15.3 Å². The van der Waals surface area contributed by atoms with E-state index in [0.717, 1.165) is 5.56 Å². The van der Waals surface area contributed by atoms with Gasteiger partial charge in [-0.3, -0.25) is 9.59 Å². The Morgan fingerprint density at radius 3 is 2.39 bits per heavy atom. The molecule has 0 bridgehead atoms. The number of benzene rings is 2. The van der Waals surface area contributed by atoms with Gasteiger partial charge in [0.15, 0.2) is 0 Å². The maximum absolute atomic E-state index is 13.3. The molecule has 0 aromatic heterocycles. The van der Waals surface area contributed by atoms with E-state index < -0.39 is 6.04 Å². The van der Waals surface area contributed by atoms with Crippen molar-refractivity contribution in [3.05, 3.63) is 71.5 Å². The Hall–Kier alpha value is -2.73. The number of carbonyl (C=O) groups is 2. The van der Waals surface area contributed by atoms with Crippen LogP contribution in [-0.4, -0.2) is 35.0 Å². The molecule has 0 heterocycles. The normalized spacial score (nSPS) is 11.7. The fourth-order valence-corrected chi connectivity index (χ4v) is 2.96. The first-order chi connectivity index (χ1) is 13.6. The van der Waals surface area contributed by atoms with Gasteiger partial charge in [-0.1, -0.05) is 49.4 Å². The molecule has 0 spiro atoms. The monoisotopic (exact) mass is 386 g/mol. The van der Waals surface area contributed by atoms with Crippen LogP contribution in [0.2, 0.25) is 0 Å². The van der Waals surface area contributed by atoms with E-state index in [1.807, 2.05) is 37.3 Å². The van der Waals surface area contributed by atoms with Gasteiger partial charge in [-0.05, 0) is 36.1 Å². The Kier molecular flexibility index (Phi) is 8.62. The number of aliphatic hydroxyl groups excluding tert-OH is 1. The van der Waals surface area contributed by atoms with E-state index in [0.29, 0.717) is 31.4 Å². The van der Waals surface area contributed by atoms with Crippen molar-refractivity contribution in [2.45, 2.75) is 38.8 Å². The minimum Gasteiger partial charge on any atom is -0.396 e. The van der Waals surface area contributed by atoms with Gasteiger partial charge in [0.1, 0.15) is 11.9 Å².